The van der Waals surface area contributed by atoms with Gasteiger partial charge in [0.15, 0.2) is 0 Å². The Morgan fingerprint density at radius 1 is 1.39 bits per heavy atom. The van der Waals surface area contributed by atoms with Gasteiger partial charge in [0.2, 0.25) is 0 Å². The topological polar surface area (TPSA) is 29.3 Å². The van der Waals surface area contributed by atoms with Crippen LogP contribution in [0.4, 0.5) is 13.2 Å². The summed E-state index contributed by atoms with van der Waals surface area (Å²) in [5, 5.41) is 0. The van der Waals surface area contributed by atoms with Gasteiger partial charge in [0.25, 0.3) is 0 Å². The van der Waals surface area contributed by atoms with Crippen molar-refractivity contribution in [2.75, 3.05) is 13.1 Å². The van der Waals surface area contributed by atoms with Gasteiger partial charge in [-0.3, -0.25) is 4.90 Å². The summed E-state index contributed by atoms with van der Waals surface area (Å²) in [6.07, 6.45) is -4.31. The molecule has 0 bridgehead atoms. The zero-order chi connectivity index (χ0) is 13.8. The lowest BCUT2D eigenvalue weighted by molar-refractivity contribution is -0.137. The molecule has 0 unspecified atom stereocenters. The normalized spacial score (nSPS) is 11.8. The fourth-order valence-corrected chi connectivity index (χ4v) is 1.79. The minimum atomic E-state index is -4.31. The number of halogens is 3. The average Bonchev–Trinajstić information content (AvgIpc) is 2.26. The third-order valence-corrected chi connectivity index (χ3v) is 2.62. The molecular weight excluding hydrogens is 261 g/mol. The monoisotopic (exact) mass is 276 g/mol. The first-order valence-electron chi connectivity index (χ1n) is 5.49. The van der Waals surface area contributed by atoms with E-state index < -0.39 is 11.7 Å². The van der Waals surface area contributed by atoms with Crippen molar-refractivity contribution in [1.29, 1.82) is 0 Å². The molecule has 1 aromatic rings. The number of thiocarbonyl (C=S) groups is 1. The third-order valence-electron chi connectivity index (χ3n) is 2.49. The summed E-state index contributed by atoms with van der Waals surface area (Å²) in [5.74, 6) is 0. The Morgan fingerprint density at radius 2 is 2.06 bits per heavy atom. The van der Waals surface area contributed by atoms with Crippen LogP contribution in [0.25, 0.3) is 0 Å². The molecule has 2 nitrogen and oxygen atoms in total. The minimum absolute atomic E-state index is 0.337. The first-order chi connectivity index (χ1) is 8.32. The summed E-state index contributed by atoms with van der Waals surface area (Å²) in [6.45, 7) is 3.39. The maximum atomic E-state index is 12.5. The molecule has 18 heavy (non-hydrogen) atoms. The third kappa shape index (κ3) is 4.62. The van der Waals surface area contributed by atoms with E-state index in [0.29, 0.717) is 30.2 Å². The zero-order valence-corrected chi connectivity index (χ0v) is 10.8. The average molecular weight is 276 g/mol. The summed E-state index contributed by atoms with van der Waals surface area (Å²) in [5.41, 5.74) is 5.40. The van der Waals surface area contributed by atoms with Crippen molar-refractivity contribution in [1.82, 2.24) is 4.90 Å². The van der Waals surface area contributed by atoms with Crippen LogP contribution >= 0.6 is 12.2 Å². The van der Waals surface area contributed by atoms with Gasteiger partial charge in [-0.05, 0) is 18.2 Å². The van der Waals surface area contributed by atoms with Crippen LogP contribution in [0.1, 0.15) is 18.1 Å². The van der Waals surface area contributed by atoms with E-state index in [1.54, 1.807) is 6.07 Å². The number of hydrogen-bond acceptors (Lipinski definition) is 2. The van der Waals surface area contributed by atoms with E-state index in [1.165, 1.54) is 6.07 Å². The van der Waals surface area contributed by atoms with Gasteiger partial charge in [0, 0.05) is 13.1 Å². The molecule has 0 aliphatic carbocycles. The first kappa shape index (κ1) is 14.9. The predicted molar refractivity (Wildman–Crippen MR) is 69.2 cm³/mol. The van der Waals surface area contributed by atoms with Crippen molar-refractivity contribution in [3.63, 3.8) is 0 Å². The van der Waals surface area contributed by atoms with E-state index in [-0.39, 0.29) is 0 Å². The van der Waals surface area contributed by atoms with Gasteiger partial charge < -0.3 is 5.73 Å². The standard InChI is InChI=1S/C12H15F3N2S/c1-2-17(8-11(16)18)7-9-4-3-5-10(6-9)12(13,14)15/h3-6H,2,7-8H2,1H3,(H2,16,18). The smallest absolute Gasteiger partial charge is 0.392 e. The van der Waals surface area contributed by atoms with Gasteiger partial charge in [0.1, 0.15) is 0 Å². The quantitative estimate of drug-likeness (QED) is 0.839. The molecular formula is C12H15F3N2S. The summed E-state index contributed by atoms with van der Waals surface area (Å²) in [6, 6.07) is 5.29. The van der Waals surface area contributed by atoms with Gasteiger partial charge in [0.05, 0.1) is 10.6 Å². The predicted octanol–water partition coefficient (Wildman–Crippen LogP) is 2.81. The second-order valence-corrected chi connectivity index (χ2v) is 4.49. The molecule has 0 radical (unpaired) electrons. The Bertz CT molecular complexity index is 418. The lowest BCUT2D eigenvalue weighted by atomic mass is 10.1. The van der Waals surface area contributed by atoms with Crippen LogP contribution in [0, 0.1) is 0 Å². The largest absolute Gasteiger partial charge is 0.416 e. The molecule has 0 atom stereocenters. The maximum absolute atomic E-state index is 12.5. The second kappa shape index (κ2) is 6.15. The van der Waals surface area contributed by atoms with Crippen LogP contribution in [0.15, 0.2) is 24.3 Å². The number of alkyl halides is 3. The van der Waals surface area contributed by atoms with Crippen molar-refractivity contribution >= 4 is 17.2 Å². The van der Waals surface area contributed by atoms with E-state index in [0.717, 1.165) is 12.1 Å². The SMILES string of the molecule is CCN(CC(N)=S)Cc1cccc(C(F)(F)F)c1. The van der Waals surface area contributed by atoms with Crippen molar-refractivity contribution in [2.24, 2.45) is 5.73 Å². The van der Waals surface area contributed by atoms with Gasteiger partial charge in [-0.25, -0.2) is 0 Å². The molecule has 0 aromatic heterocycles. The fraction of sp³-hybridized carbons (Fsp3) is 0.417. The Hall–Kier alpha value is -1.14. The number of nitrogens with zero attached hydrogens (tertiary/aromatic N) is 1. The molecule has 2 N–H and O–H groups in total. The first-order valence-corrected chi connectivity index (χ1v) is 5.90. The van der Waals surface area contributed by atoms with Gasteiger partial charge >= 0.3 is 6.18 Å². The van der Waals surface area contributed by atoms with E-state index in [9.17, 15) is 13.2 Å². The summed E-state index contributed by atoms with van der Waals surface area (Å²) in [4.78, 5) is 2.22. The number of rotatable bonds is 5. The molecule has 100 valence electrons. The highest BCUT2D eigenvalue weighted by Crippen LogP contribution is 2.29. The Kier molecular flexibility index (Phi) is 5.10. The summed E-state index contributed by atoms with van der Waals surface area (Å²) >= 11 is 4.80. The molecule has 0 spiro atoms. The molecule has 6 heteroatoms. The molecule has 0 aliphatic heterocycles. The lowest BCUT2D eigenvalue weighted by Gasteiger charge is -2.20. The Morgan fingerprint density at radius 3 is 2.56 bits per heavy atom. The van der Waals surface area contributed by atoms with Crippen LogP contribution in [0.5, 0.6) is 0 Å². The molecule has 0 heterocycles. The number of benzene rings is 1. The zero-order valence-electron chi connectivity index (χ0n) is 10.00. The molecule has 1 rings (SSSR count). The molecule has 0 amide bonds. The second-order valence-electron chi connectivity index (χ2n) is 3.97. The van der Waals surface area contributed by atoms with Crippen molar-refractivity contribution in [3.05, 3.63) is 35.4 Å². The Balaban J connectivity index is 2.81. The van der Waals surface area contributed by atoms with Crippen LogP contribution in [-0.4, -0.2) is 23.0 Å². The van der Waals surface area contributed by atoms with Crippen LogP contribution in [0.3, 0.4) is 0 Å². The molecule has 0 aliphatic rings. The molecule has 0 saturated carbocycles. The number of likely N-dealkylation sites (N-methyl/N-ethyl adjacent to an activating group) is 1. The van der Waals surface area contributed by atoms with E-state index in [1.807, 2.05) is 11.8 Å². The van der Waals surface area contributed by atoms with Crippen molar-refractivity contribution in [2.45, 2.75) is 19.6 Å². The van der Waals surface area contributed by atoms with Gasteiger partial charge in [-0.1, -0.05) is 37.3 Å². The van der Waals surface area contributed by atoms with E-state index >= 15 is 0 Å². The highest BCUT2D eigenvalue weighted by Gasteiger charge is 2.30. The van der Waals surface area contributed by atoms with E-state index in [2.05, 4.69) is 0 Å². The number of hydrogen-bond donors (Lipinski definition) is 1. The fourth-order valence-electron chi connectivity index (χ4n) is 1.60. The lowest BCUT2D eigenvalue weighted by Crippen LogP contribution is -2.32. The van der Waals surface area contributed by atoms with Crippen molar-refractivity contribution in [3.8, 4) is 0 Å². The minimum Gasteiger partial charge on any atom is -0.392 e. The van der Waals surface area contributed by atoms with Gasteiger partial charge in [-0.2, -0.15) is 13.2 Å². The van der Waals surface area contributed by atoms with Crippen LogP contribution in [-0.2, 0) is 12.7 Å². The molecule has 1 aromatic carbocycles. The highest BCUT2D eigenvalue weighted by molar-refractivity contribution is 7.80. The highest BCUT2D eigenvalue weighted by atomic mass is 32.1. The number of nitrogens with two attached hydrogens (primary N) is 1. The molecule has 0 fully saturated rings. The van der Waals surface area contributed by atoms with Crippen molar-refractivity contribution < 1.29 is 13.2 Å². The van der Waals surface area contributed by atoms with Crippen LogP contribution < -0.4 is 5.73 Å². The van der Waals surface area contributed by atoms with E-state index in [4.69, 9.17) is 18.0 Å². The Labute approximate surface area is 110 Å². The summed E-state index contributed by atoms with van der Waals surface area (Å²) in [7, 11) is 0. The van der Waals surface area contributed by atoms with Crippen LogP contribution in [0.2, 0.25) is 0 Å². The van der Waals surface area contributed by atoms with Gasteiger partial charge in [-0.15, -0.1) is 0 Å². The molecule has 0 saturated heterocycles. The summed E-state index contributed by atoms with van der Waals surface area (Å²) < 4.78 is 37.6. The maximum Gasteiger partial charge on any atom is 0.416 e.